The highest BCUT2D eigenvalue weighted by Gasteiger charge is 2.36. The third-order valence-electron chi connectivity index (χ3n) is 2.63. The van der Waals surface area contributed by atoms with Gasteiger partial charge in [0.1, 0.15) is 0 Å². The van der Waals surface area contributed by atoms with Gasteiger partial charge in [0.25, 0.3) is 0 Å². The Kier molecular flexibility index (Phi) is 5.84. The summed E-state index contributed by atoms with van der Waals surface area (Å²) in [6.45, 7) is 3.10. The largest absolute Gasteiger partial charge is 0.370 e. The number of hydrogen-bond acceptors (Lipinski definition) is 3. The third-order valence-corrected chi connectivity index (χ3v) is 2.63. The van der Waals surface area contributed by atoms with Crippen LogP contribution in [-0.2, 0) is 14.3 Å². The lowest BCUT2D eigenvalue weighted by molar-refractivity contribution is -0.113. The first kappa shape index (κ1) is 13.8. The molecule has 1 fully saturated rings. The Labute approximate surface area is 103 Å². The van der Waals surface area contributed by atoms with Gasteiger partial charge in [-0.1, -0.05) is 12.2 Å². The lowest BCUT2D eigenvalue weighted by Gasteiger charge is -1.91. The quantitative estimate of drug-likeness (QED) is 0.480. The first-order valence-corrected chi connectivity index (χ1v) is 6.09. The predicted molar refractivity (Wildman–Crippen MR) is 66.8 cm³/mol. The van der Waals surface area contributed by atoms with Crippen LogP contribution in [0.3, 0.4) is 0 Å². The maximum Gasteiger partial charge on any atom is 0.152 e. The van der Waals surface area contributed by atoms with Gasteiger partial charge in [-0.2, -0.15) is 0 Å². The number of ether oxygens (including phenoxy) is 1. The molecule has 0 aliphatic carbocycles. The number of hydrogen-bond donors (Lipinski definition) is 0. The van der Waals surface area contributed by atoms with Gasteiger partial charge in [-0.3, -0.25) is 9.59 Å². The van der Waals surface area contributed by atoms with Crippen molar-refractivity contribution in [2.24, 2.45) is 0 Å². The Bertz CT molecular complexity index is 296. The minimum atomic E-state index is 0.0904. The average Bonchev–Trinajstić information content (AvgIpc) is 2.98. The SMILES string of the molecule is CC(=O)/C=C/CCC1OC1CC/C=C/C(C)=O. The molecule has 3 heteroatoms. The molecule has 1 rings (SSSR count). The first-order chi connectivity index (χ1) is 8.09. The van der Waals surface area contributed by atoms with E-state index in [9.17, 15) is 9.59 Å². The molecule has 2 atom stereocenters. The summed E-state index contributed by atoms with van der Waals surface area (Å²) in [6, 6.07) is 0. The highest BCUT2D eigenvalue weighted by atomic mass is 16.6. The van der Waals surface area contributed by atoms with Crippen LogP contribution in [-0.4, -0.2) is 23.8 Å². The van der Waals surface area contributed by atoms with Crippen LogP contribution in [0.15, 0.2) is 24.3 Å². The van der Waals surface area contributed by atoms with Gasteiger partial charge in [-0.15, -0.1) is 0 Å². The van der Waals surface area contributed by atoms with Gasteiger partial charge in [-0.05, 0) is 51.7 Å². The summed E-state index contributed by atoms with van der Waals surface area (Å²) in [5, 5.41) is 0. The van der Waals surface area contributed by atoms with Gasteiger partial charge >= 0.3 is 0 Å². The lowest BCUT2D eigenvalue weighted by atomic mass is 10.1. The molecule has 0 radical (unpaired) electrons. The molecule has 2 unspecified atom stereocenters. The predicted octanol–water partition coefficient (Wildman–Crippen LogP) is 2.60. The van der Waals surface area contributed by atoms with Crippen LogP contribution >= 0.6 is 0 Å². The topological polar surface area (TPSA) is 46.7 Å². The summed E-state index contributed by atoms with van der Waals surface area (Å²) in [4.78, 5) is 21.3. The average molecular weight is 236 g/mol. The van der Waals surface area contributed by atoms with Crippen molar-refractivity contribution in [3.05, 3.63) is 24.3 Å². The van der Waals surface area contributed by atoms with Crippen LogP contribution in [0.4, 0.5) is 0 Å². The van der Waals surface area contributed by atoms with E-state index >= 15 is 0 Å². The fraction of sp³-hybridized carbons (Fsp3) is 0.571. The van der Waals surface area contributed by atoms with E-state index in [1.807, 2.05) is 12.2 Å². The second-order valence-corrected chi connectivity index (χ2v) is 4.39. The standard InChI is InChI=1S/C14H20O3/c1-11(15)7-3-5-9-13-14(17-13)10-6-4-8-12(2)16/h3-4,7-8,13-14H,5-6,9-10H2,1-2H3/b7-3+,8-4+. The summed E-state index contributed by atoms with van der Waals surface area (Å²) in [5.74, 6) is 0.181. The number of carbonyl (C=O) groups excluding carboxylic acids is 2. The molecule has 1 aliphatic rings. The molecule has 0 N–H and O–H groups in total. The van der Waals surface area contributed by atoms with Crippen LogP contribution in [0.5, 0.6) is 0 Å². The van der Waals surface area contributed by atoms with Crippen molar-refractivity contribution < 1.29 is 14.3 Å². The Morgan fingerprint density at radius 3 is 1.71 bits per heavy atom. The third kappa shape index (κ3) is 6.84. The van der Waals surface area contributed by atoms with Crippen molar-refractivity contribution in [3.63, 3.8) is 0 Å². The molecule has 0 bridgehead atoms. The van der Waals surface area contributed by atoms with Crippen molar-refractivity contribution in [2.45, 2.75) is 51.7 Å². The zero-order chi connectivity index (χ0) is 12.7. The highest BCUT2D eigenvalue weighted by molar-refractivity contribution is 5.87. The van der Waals surface area contributed by atoms with Crippen molar-refractivity contribution >= 4 is 11.6 Å². The van der Waals surface area contributed by atoms with Crippen molar-refractivity contribution in [1.29, 1.82) is 0 Å². The second kappa shape index (κ2) is 7.17. The van der Waals surface area contributed by atoms with E-state index < -0.39 is 0 Å². The van der Waals surface area contributed by atoms with Gasteiger partial charge in [0, 0.05) is 0 Å². The molecule has 17 heavy (non-hydrogen) atoms. The van der Waals surface area contributed by atoms with Gasteiger partial charge in [0.05, 0.1) is 12.2 Å². The fourth-order valence-electron chi connectivity index (χ4n) is 1.71. The van der Waals surface area contributed by atoms with E-state index in [1.165, 1.54) is 0 Å². The second-order valence-electron chi connectivity index (χ2n) is 4.39. The number of rotatable bonds is 8. The first-order valence-electron chi connectivity index (χ1n) is 6.09. The zero-order valence-corrected chi connectivity index (χ0v) is 10.5. The number of epoxide rings is 1. The molecular formula is C14H20O3. The summed E-state index contributed by atoms with van der Waals surface area (Å²) in [7, 11) is 0. The van der Waals surface area contributed by atoms with Crippen LogP contribution in [0, 0.1) is 0 Å². The number of carbonyl (C=O) groups is 2. The molecule has 0 aromatic carbocycles. The maximum absolute atomic E-state index is 10.6. The summed E-state index contributed by atoms with van der Waals surface area (Å²) < 4.78 is 5.49. The van der Waals surface area contributed by atoms with E-state index in [0.717, 1.165) is 25.7 Å². The maximum atomic E-state index is 10.6. The monoisotopic (exact) mass is 236 g/mol. The van der Waals surface area contributed by atoms with E-state index in [2.05, 4.69) is 0 Å². The van der Waals surface area contributed by atoms with E-state index in [4.69, 9.17) is 4.74 Å². The van der Waals surface area contributed by atoms with E-state index in [-0.39, 0.29) is 11.6 Å². The summed E-state index contributed by atoms with van der Waals surface area (Å²) in [5.41, 5.74) is 0. The zero-order valence-electron chi connectivity index (χ0n) is 10.5. The molecule has 0 aromatic rings. The van der Waals surface area contributed by atoms with E-state index in [0.29, 0.717) is 12.2 Å². The van der Waals surface area contributed by atoms with E-state index in [1.54, 1.807) is 26.0 Å². The van der Waals surface area contributed by atoms with Gasteiger partial charge in [-0.25, -0.2) is 0 Å². The number of allylic oxidation sites excluding steroid dienone is 4. The molecule has 0 amide bonds. The Hall–Kier alpha value is -1.22. The molecule has 0 aromatic heterocycles. The van der Waals surface area contributed by atoms with Crippen molar-refractivity contribution in [2.75, 3.05) is 0 Å². The molecule has 1 aliphatic heterocycles. The molecular weight excluding hydrogens is 216 g/mol. The van der Waals surface area contributed by atoms with Crippen LogP contribution in [0.1, 0.15) is 39.5 Å². The lowest BCUT2D eigenvalue weighted by Crippen LogP contribution is -1.93. The van der Waals surface area contributed by atoms with Crippen LogP contribution in [0.25, 0.3) is 0 Å². The molecule has 94 valence electrons. The number of ketones is 2. The van der Waals surface area contributed by atoms with Crippen LogP contribution in [0.2, 0.25) is 0 Å². The van der Waals surface area contributed by atoms with Crippen molar-refractivity contribution in [1.82, 2.24) is 0 Å². The normalized spacial score (nSPS) is 23.4. The minimum Gasteiger partial charge on any atom is -0.370 e. The van der Waals surface area contributed by atoms with Gasteiger partial charge < -0.3 is 4.74 Å². The Morgan fingerprint density at radius 2 is 1.35 bits per heavy atom. The van der Waals surface area contributed by atoms with Gasteiger partial charge in [0.15, 0.2) is 11.6 Å². The Morgan fingerprint density at radius 1 is 0.941 bits per heavy atom. The smallest absolute Gasteiger partial charge is 0.152 e. The molecule has 0 spiro atoms. The Balaban J connectivity index is 2.02. The highest BCUT2D eigenvalue weighted by Crippen LogP contribution is 2.30. The molecule has 1 heterocycles. The summed E-state index contributed by atoms with van der Waals surface area (Å²) in [6.07, 6.45) is 11.4. The summed E-state index contributed by atoms with van der Waals surface area (Å²) >= 11 is 0. The fourth-order valence-corrected chi connectivity index (χ4v) is 1.71. The molecule has 3 nitrogen and oxygen atoms in total. The molecule has 0 saturated carbocycles. The van der Waals surface area contributed by atoms with Gasteiger partial charge in [0.2, 0.25) is 0 Å². The van der Waals surface area contributed by atoms with Crippen molar-refractivity contribution in [3.8, 4) is 0 Å². The molecule has 1 saturated heterocycles. The minimum absolute atomic E-state index is 0.0904. The van der Waals surface area contributed by atoms with Crippen LogP contribution < -0.4 is 0 Å².